The maximum Gasteiger partial charge on any atom is 0.498 e. The van der Waals surface area contributed by atoms with Gasteiger partial charge in [-0.1, -0.05) is 30.7 Å². The van der Waals surface area contributed by atoms with Crippen molar-refractivity contribution in [3.8, 4) is 0 Å². The molecule has 1 aliphatic heterocycles. The second-order valence-corrected chi connectivity index (χ2v) is 10.4. The van der Waals surface area contributed by atoms with Gasteiger partial charge >= 0.3 is 5.51 Å². The monoisotopic (exact) mass is 528 g/mol. The standard InChI is InChI=1S/C21H20ClF3N6O3S/c1-2-17-18(30-12-14(22)10-27-20(30)29-17)19(32)26-9-13-3-5-15(6-4-13)31-8-7-16(11-28-31)35(33,34)21(23,24)25/h3-6,10-12,16H,2,7-9H2,1H3,(H,26,32). The molecule has 2 aromatic heterocycles. The van der Waals surface area contributed by atoms with Gasteiger partial charge in [0, 0.05) is 25.5 Å². The van der Waals surface area contributed by atoms with Crippen molar-refractivity contribution in [2.45, 2.75) is 37.1 Å². The molecule has 0 bridgehead atoms. The Morgan fingerprint density at radius 2 is 1.97 bits per heavy atom. The molecule has 4 rings (SSSR count). The summed E-state index contributed by atoms with van der Waals surface area (Å²) in [5, 5.41) is 6.81. The summed E-state index contributed by atoms with van der Waals surface area (Å²) in [5.41, 5.74) is -3.04. The first kappa shape index (κ1) is 24.9. The Bertz CT molecular complexity index is 1390. The number of fused-ring (bicyclic) bond motifs is 1. The van der Waals surface area contributed by atoms with Crippen molar-refractivity contribution in [3.63, 3.8) is 0 Å². The summed E-state index contributed by atoms with van der Waals surface area (Å²) in [4.78, 5) is 21.4. The highest BCUT2D eigenvalue weighted by Gasteiger charge is 2.50. The number of amides is 1. The molecule has 1 aliphatic rings. The average Bonchev–Trinajstić information content (AvgIpc) is 3.20. The van der Waals surface area contributed by atoms with Crippen molar-refractivity contribution in [1.82, 2.24) is 19.7 Å². The maximum absolute atomic E-state index is 12.9. The number of aromatic nitrogens is 3. The van der Waals surface area contributed by atoms with Gasteiger partial charge in [0.1, 0.15) is 10.9 Å². The van der Waals surface area contributed by atoms with Gasteiger partial charge in [0.2, 0.25) is 5.78 Å². The molecule has 0 saturated carbocycles. The summed E-state index contributed by atoms with van der Waals surface area (Å²) in [6.07, 6.45) is 4.13. The van der Waals surface area contributed by atoms with Gasteiger partial charge in [-0.3, -0.25) is 14.2 Å². The lowest BCUT2D eigenvalue weighted by atomic mass is 10.2. The lowest BCUT2D eigenvalue weighted by molar-refractivity contribution is -0.0440. The van der Waals surface area contributed by atoms with Crippen molar-refractivity contribution >= 4 is 45.0 Å². The predicted molar refractivity (Wildman–Crippen MR) is 124 cm³/mol. The fourth-order valence-corrected chi connectivity index (χ4v) is 4.75. The Morgan fingerprint density at radius 3 is 2.57 bits per heavy atom. The number of nitrogens with zero attached hydrogens (tertiary/aromatic N) is 5. The van der Waals surface area contributed by atoms with Gasteiger partial charge in [0.15, 0.2) is 0 Å². The second kappa shape index (κ2) is 9.46. The molecule has 0 aliphatic carbocycles. The first-order valence-electron chi connectivity index (χ1n) is 10.5. The Kier molecular flexibility index (Phi) is 6.73. The van der Waals surface area contributed by atoms with Crippen LogP contribution in [0.25, 0.3) is 5.78 Å². The molecule has 14 heteroatoms. The number of hydrazone groups is 1. The van der Waals surface area contributed by atoms with Crippen molar-refractivity contribution < 1.29 is 26.4 Å². The molecule has 0 fully saturated rings. The topological polar surface area (TPSA) is 109 Å². The van der Waals surface area contributed by atoms with E-state index in [9.17, 15) is 26.4 Å². The van der Waals surface area contributed by atoms with E-state index in [4.69, 9.17) is 11.6 Å². The highest BCUT2D eigenvalue weighted by molar-refractivity contribution is 7.93. The van der Waals surface area contributed by atoms with Crippen molar-refractivity contribution in [3.05, 3.63) is 58.6 Å². The van der Waals surface area contributed by atoms with Crippen LogP contribution in [0.4, 0.5) is 18.9 Å². The fourth-order valence-electron chi connectivity index (χ4n) is 3.63. The molecule has 35 heavy (non-hydrogen) atoms. The lowest BCUT2D eigenvalue weighted by Gasteiger charge is -2.26. The van der Waals surface area contributed by atoms with Gasteiger partial charge in [-0.25, -0.2) is 18.4 Å². The van der Waals surface area contributed by atoms with E-state index in [0.29, 0.717) is 34.3 Å². The van der Waals surface area contributed by atoms with Crippen LogP contribution in [0.3, 0.4) is 0 Å². The molecular formula is C21H20ClF3N6O3S. The van der Waals surface area contributed by atoms with Crippen molar-refractivity contribution in [2.75, 3.05) is 11.6 Å². The van der Waals surface area contributed by atoms with E-state index in [1.807, 2.05) is 6.92 Å². The number of carbonyl (C=O) groups excluding carboxylic acids is 1. The van der Waals surface area contributed by atoms with Crippen molar-refractivity contribution in [1.29, 1.82) is 0 Å². The van der Waals surface area contributed by atoms with Crippen LogP contribution in [0.15, 0.2) is 41.8 Å². The number of aryl methyl sites for hydroxylation is 1. The van der Waals surface area contributed by atoms with Crippen LogP contribution in [0.1, 0.15) is 35.1 Å². The Balaban J connectivity index is 1.42. The highest BCUT2D eigenvalue weighted by Crippen LogP contribution is 2.30. The van der Waals surface area contributed by atoms with Gasteiger partial charge < -0.3 is 5.32 Å². The summed E-state index contributed by atoms with van der Waals surface area (Å²) in [7, 11) is -5.30. The molecule has 1 aromatic carbocycles. The molecule has 0 spiro atoms. The van der Waals surface area contributed by atoms with E-state index in [1.54, 1.807) is 34.9 Å². The van der Waals surface area contributed by atoms with E-state index in [1.165, 1.54) is 11.2 Å². The summed E-state index contributed by atoms with van der Waals surface area (Å²) in [6.45, 7) is 2.10. The molecular weight excluding hydrogens is 509 g/mol. The molecule has 9 nitrogen and oxygen atoms in total. The zero-order valence-electron chi connectivity index (χ0n) is 18.3. The van der Waals surface area contributed by atoms with Crippen molar-refractivity contribution in [2.24, 2.45) is 5.10 Å². The third kappa shape index (κ3) is 4.96. The summed E-state index contributed by atoms with van der Waals surface area (Å²) >= 11 is 6.01. The maximum atomic E-state index is 12.9. The minimum atomic E-state index is -5.32. The first-order valence-corrected chi connectivity index (χ1v) is 12.4. The minimum absolute atomic E-state index is 0.0111. The number of alkyl halides is 3. The molecule has 186 valence electrons. The number of benzene rings is 1. The Hall–Kier alpha value is -3.19. The molecule has 3 heterocycles. The van der Waals surface area contributed by atoms with Crippen LogP contribution in [0, 0.1) is 0 Å². The fraction of sp³-hybridized carbons (Fsp3) is 0.333. The van der Waals surface area contributed by atoms with Crippen LogP contribution in [0.2, 0.25) is 5.02 Å². The van der Waals surface area contributed by atoms with E-state index in [-0.39, 0.29) is 25.4 Å². The quantitative estimate of drug-likeness (QED) is 0.525. The summed E-state index contributed by atoms with van der Waals surface area (Å²) in [6, 6.07) is 6.84. The predicted octanol–water partition coefficient (Wildman–Crippen LogP) is 3.37. The number of nitrogens with one attached hydrogen (secondary N) is 1. The van der Waals surface area contributed by atoms with E-state index in [0.717, 1.165) is 11.8 Å². The number of anilines is 1. The second-order valence-electron chi connectivity index (χ2n) is 7.76. The van der Waals surface area contributed by atoms with Gasteiger partial charge in [-0.15, -0.1) is 0 Å². The Labute approximate surface area is 203 Å². The summed E-state index contributed by atoms with van der Waals surface area (Å²) in [5.74, 6) is 0.0214. The SMILES string of the molecule is CCc1nc2ncc(Cl)cn2c1C(=O)NCc1ccc(N2CCC(S(=O)(=O)C(F)(F)F)C=N2)cc1. The molecule has 0 radical (unpaired) electrons. The van der Waals surface area contributed by atoms with E-state index < -0.39 is 20.6 Å². The minimum Gasteiger partial charge on any atom is -0.347 e. The first-order chi connectivity index (χ1) is 16.5. The summed E-state index contributed by atoms with van der Waals surface area (Å²) < 4.78 is 62.8. The molecule has 1 atom stereocenters. The highest BCUT2D eigenvalue weighted by atomic mass is 35.5. The number of sulfone groups is 1. The third-order valence-corrected chi connectivity index (χ3v) is 7.47. The number of imidazole rings is 1. The van der Waals surface area contributed by atoms with Crippen LogP contribution in [-0.2, 0) is 22.8 Å². The zero-order valence-corrected chi connectivity index (χ0v) is 19.9. The van der Waals surface area contributed by atoms with Crippen LogP contribution < -0.4 is 10.3 Å². The van der Waals surface area contributed by atoms with Gasteiger partial charge in [-0.2, -0.15) is 18.3 Å². The number of hydrogen-bond donors (Lipinski definition) is 1. The van der Waals surface area contributed by atoms with Crippen LogP contribution in [-0.4, -0.2) is 52.2 Å². The number of halogens is 4. The number of hydrogen-bond acceptors (Lipinski definition) is 7. The molecule has 1 unspecified atom stereocenters. The number of rotatable bonds is 6. The zero-order chi connectivity index (χ0) is 25.4. The van der Waals surface area contributed by atoms with Gasteiger partial charge in [0.25, 0.3) is 15.7 Å². The van der Waals surface area contributed by atoms with E-state index >= 15 is 0 Å². The largest absolute Gasteiger partial charge is 0.498 e. The molecule has 0 saturated heterocycles. The van der Waals surface area contributed by atoms with E-state index in [2.05, 4.69) is 20.4 Å². The van der Waals surface area contributed by atoms with Gasteiger partial charge in [0.05, 0.1) is 22.6 Å². The Morgan fingerprint density at radius 1 is 1.26 bits per heavy atom. The average molecular weight is 529 g/mol. The van der Waals surface area contributed by atoms with Crippen LogP contribution in [0.5, 0.6) is 0 Å². The van der Waals surface area contributed by atoms with Gasteiger partial charge in [-0.05, 0) is 30.5 Å². The number of carbonyl (C=O) groups is 1. The lowest BCUT2D eigenvalue weighted by Crippen LogP contribution is -2.40. The molecule has 1 N–H and O–H groups in total. The normalized spacial score (nSPS) is 16.6. The smallest absolute Gasteiger partial charge is 0.347 e. The molecule has 3 aromatic rings. The third-order valence-electron chi connectivity index (χ3n) is 5.48. The van der Waals surface area contributed by atoms with Crippen LogP contribution >= 0.6 is 11.6 Å². The molecule has 1 amide bonds.